The van der Waals surface area contributed by atoms with Crippen molar-refractivity contribution < 1.29 is 9.18 Å². The normalized spacial score (nSPS) is 10.8. The van der Waals surface area contributed by atoms with Crippen molar-refractivity contribution in [3.63, 3.8) is 0 Å². The second-order valence-corrected chi connectivity index (χ2v) is 7.97. The number of amides is 2. The highest BCUT2D eigenvalue weighted by atomic mass is 19.1. The number of nitrogens with one attached hydrogen (secondary N) is 2. The SMILES string of the molecule is Cc1ccc(CN(Cc2cc3cc(C)ccc3[nH]c2=O)C(=O)Nc2ccccc2F)cc1. The predicted octanol–water partition coefficient (Wildman–Crippen LogP) is 5.52. The van der Waals surface area contributed by atoms with Gasteiger partial charge < -0.3 is 15.2 Å². The molecule has 0 aliphatic rings. The van der Waals surface area contributed by atoms with Crippen molar-refractivity contribution in [1.82, 2.24) is 9.88 Å². The summed E-state index contributed by atoms with van der Waals surface area (Å²) in [5.74, 6) is -0.518. The molecule has 0 bridgehead atoms. The first-order chi connectivity index (χ1) is 15.4. The van der Waals surface area contributed by atoms with E-state index >= 15 is 0 Å². The Labute approximate surface area is 185 Å². The summed E-state index contributed by atoms with van der Waals surface area (Å²) in [4.78, 5) is 30.2. The molecule has 4 rings (SSSR count). The molecule has 0 saturated carbocycles. The summed E-state index contributed by atoms with van der Waals surface area (Å²) in [6.45, 7) is 4.32. The lowest BCUT2D eigenvalue weighted by Crippen LogP contribution is -2.36. The zero-order chi connectivity index (χ0) is 22.7. The van der Waals surface area contributed by atoms with Gasteiger partial charge in [-0.25, -0.2) is 9.18 Å². The lowest BCUT2D eigenvalue weighted by atomic mass is 10.1. The monoisotopic (exact) mass is 429 g/mol. The maximum Gasteiger partial charge on any atom is 0.322 e. The molecule has 2 N–H and O–H groups in total. The quantitative estimate of drug-likeness (QED) is 0.439. The van der Waals surface area contributed by atoms with E-state index in [1.54, 1.807) is 18.2 Å². The van der Waals surface area contributed by atoms with Gasteiger partial charge in [0, 0.05) is 17.6 Å². The van der Waals surface area contributed by atoms with E-state index in [-0.39, 0.29) is 24.3 Å². The number of urea groups is 1. The number of aromatic amines is 1. The van der Waals surface area contributed by atoms with E-state index in [1.807, 2.05) is 56.3 Å². The average molecular weight is 429 g/mol. The molecule has 1 heterocycles. The lowest BCUT2D eigenvalue weighted by Gasteiger charge is -2.23. The lowest BCUT2D eigenvalue weighted by molar-refractivity contribution is 0.206. The van der Waals surface area contributed by atoms with Gasteiger partial charge >= 0.3 is 6.03 Å². The van der Waals surface area contributed by atoms with Crippen LogP contribution in [0.4, 0.5) is 14.9 Å². The van der Waals surface area contributed by atoms with Crippen molar-refractivity contribution in [3.8, 4) is 0 Å². The number of nitrogens with zero attached hydrogens (tertiary/aromatic N) is 1. The fourth-order valence-electron chi connectivity index (χ4n) is 3.56. The van der Waals surface area contributed by atoms with E-state index in [0.29, 0.717) is 5.56 Å². The van der Waals surface area contributed by atoms with Gasteiger partial charge in [-0.2, -0.15) is 0 Å². The first-order valence-corrected chi connectivity index (χ1v) is 10.4. The number of aromatic nitrogens is 1. The van der Waals surface area contributed by atoms with Gasteiger partial charge in [-0.15, -0.1) is 0 Å². The van der Waals surface area contributed by atoms with Crippen LogP contribution < -0.4 is 10.9 Å². The molecule has 0 aliphatic heterocycles. The molecule has 1 aromatic heterocycles. The predicted molar refractivity (Wildman–Crippen MR) is 125 cm³/mol. The van der Waals surface area contributed by atoms with Crippen molar-refractivity contribution in [2.45, 2.75) is 26.9 Å². The molecule has 0 saturated heterocycles. The molecule has 0 unspecified atom stereocenters. The molecular formula is C26H24FN3O2. The number of carbonyl (C=O) groups is 1. The van der Waals surface area contributed by atoms with E-state index in [0.717, 1.165) is 27.6 Å². The molecule has 0 aliphatic carbocycles. The van der Waals surface area contributed by atoms with Gasteiger partial charge in [-0.05, 0) is 55.1 Å². The van der Waals surface area contributed by atoms with Crippen LogP contribution in [0.15, 0.2) is 77.6 Å². The molecule has 162 valence electrons. The summed E-state index contributed by atoms with van der Waals surface area (Å²) in [7, 11) is 0. The number of fused-ring (bicyclic) bond motifs is 1. The first-order valence-electron chi connectivity index (χ1n) is 10.4. The Balaban J connectivity index is 1.66. The number of hydrogen-bond donors (Lipinski definition) is 2. The summed E-state index contributed by atoms with van der Waals surface area (Å²) in [6, 6.07) is 20.9. The Morgan fingerprint density at radius 2 is 1.66 bits per heavy atom. The number of anilines is 1. The highest BCUT2D eigenvalue weighted by molar-refractivity contribution is 5.89. The summed E-state index contributed by atoms with van der Waals surface area (Å²) in [5, 5.41) is 3.52. The molecule has 3 aromatic carbocycles. The Kier molecular flexibility index (Phi) is 6.03. The largest absolute Gasteiger partial charge is 0.322 e. The minimum atomic E-state index is -0.518. The van der Waals surface area contributed by atoms with Crippen LogP contribution in [0.5, 0.6) is 0 Å². The third-order valence-corrected chi connectivity index (χ3v) is 5.33. The van der Waals surface area contributed by atoms with E-state index < -0.39 is 11.8 Å². The summed E-state index contributed by atoms with van der Waals surface area (Å²) >= 11 is 0. The number of benzene rings is 3. The Bertz CT molecular complexity index is 1330. The minimum Gasteiger partial charge on any atom is -0.322 e. The van der Waals surface area contributed by atoms with Crippen LogP contribution in [0.3, 0.4) is 0 Å². The van der Waals surface area contributed by atoms with Gasteiger partial charge in [0.05, 0.1) is 12.2 Å². The standard InChI is InChI=1S/C26H24FN3O2/c1-17-7-10-19(11-8-17)15-30(26(32)29-24-6-4-3-5-22(24)27)16-21-14-20-13-18(2)9-12-23(20)28-25(21)31/h3-14H,15-16H2,1-2H3,(H,28,31)(H,29,32). The second-order valence-electron chi connectivity index (χ2n) is 7.97. The number of pyridine rings is 1. The van der Waals surface area contributed by atoms with Crippen molar-refractivity contribution in [2.75, 3.05) is 5.32 Å². The molecular weight excluding hydrogens is 405 g/mol. The number of carbonyl (C=O) groups excluding carboxylic acids is 1. The van der Waals surface area contributed by atoms with Crippen LogP contribution >= 0.6 is 0 Å². The number of halogens is 1. The van der Waals surface area contributed by atoms with Crippen LogP contribution in [0.25, 0.3) is 10.9 Å². The van der Waals surface area contributed by atoms with Crippen LogP contribution in [-0.2, 0) is 13.1 Å². The molecule has 2 amide bonds. The molecule has 0 radical (unpaired) electrons. The van der Waals surface area contributed by atoms with Crippen molar-refractivity contribution in [1.29, 1.82) is 0 Å². The van der Waals surface area contributed by atoms with Crippen LogP contribution in [0.1, 0.15) is 22.3 Å². The molecule has 0 spiro atoms. The van der Waals surface area contributed by atoms with Crippen molar-refractivity contribution >= 4 is 22.6 Å². The Hall–Kier alpha value is -3.93. The Morgan fingerprint density at radius 3 is 2.41 bits per heavy atom. The Morgan fingerprint density at radius 1 is 0.938 bits per heavy atom. The summed E-state index contributed by atoms with van der Waals surface area (Å²) in [6.07, 6.45) is 0. The van der Waals surface area contributed by atoms with E-state index in [4.69, 9.17) is 0 Å². The first kappa shape index (κ1) is 21.3. The molecule has 4 aromatic rings. The topological polar surface area (TPSA) is 65.2 Å². The average Bonchev–Trinajstić information content (AvgIpc) is 2.77. The third-order valence-electron chi connectivity index (χ3n) is 5.33. The van der Waals surface area contributed by atoms with E-state index in [9.17, 15) is 14.0 Å². The van der Waals surface area contributed by atoms with Gasteiger partial charge in [-0.1, -0.05) is 53.6 Å². The number of hydrogen-bond acceptors (Lipinski definition) is 2. The highest BCUT2D eigenvalue weighted by Crippen LogP contribution is 2.18. The molecule has 0 fully saturated rings. The van der Waals surface area contributed by atoms with Gasteiger partial charge in [0.1, 0.15) is 5.82 Å². The number of para-hydroxylation sites is 1. The summed E-state index contributed by atoms with van der Waals surface area (Å²) < 4.78 is 14.1. The van der Waals surface area contributed by atoms with Gasteiger partial charge in [0.2, 0.25) is 0 Å². The molecule has 6 heteroatoms. The van der Waals surface area contributed by atoms with Crippen molar-refractivity contribution in [2.24, 2.45) is 0 Å². The number of rotatable bonds is 5. The molecule has 32 heavy (non-hydrogen) atoms. The van der Waals surface area contributed by atoms with Gasteiger partial charge in [-0.3, -0.25) is 4.79 Å². The maximum absolute atomic E-state index is 14.1. The zero-order valence-corrected chi connectivity index (χ0v) is 18.0. The summed E-state index contributed by atoms with van der Waals surface area (Å²) in [5.41, 5.74) is 4.13. The molecule has 0 atom stereocenters. The smallest absolute Gasteiger partial charge is 0.322 e. The third kappa shape index (κ3) is 4.86. The molecule has 5 nitrogen and oxygen atoms in total. The van der Waals surface area contributed by atoms with E-state index in [2.05, 4.69) is 10.3 Å². The fourth-order valence-corrected chi connectivity index (χ4v) is 3.56. The minimum absolute atomic E-state index is 0.0768. The van der Waals surface area contributed by atoms with Crippen LogP contribution in [-0.4, -0.2) is 15.9 Å². The highest BCUT2D eigenvalue weighted by Gasteiger charge is 2.18. The van der Waals surface area contributed by atoms with Crippen LogP contribution in [0, 0.1) is 19.7 Å². The number of H-pyrrole nitrogens is 1. The van der Waals surface area contributed by atoms with Crippen LogP contribution in [0.2, 0.25) is 0 Å². The van der Waals surface area contributed by atoms with Gasteiger partial charge in [0.15, 0.2) is 0 Å². The number of aryl methyl sites for hydroxylation is 2. The van der Waals surface area contributed by atoms with Crippen molar-refractivity contribution in [3.05, 3.63) is 111 Å². The fraction of sp³-hybridized carbons (Fsp3) is 0.154. The van der Waals surface area contributed by atoms with Gasteiger partial charge in [0.25, 0.3) is 5.56 Å². The second kappa shape index (κ2) is 9.06. The van der Waals surface area contributed by atoms with E-state index in [1.165, 1.54) is 17.0 Å². The maximum atomic E-state index is 14.1. The zero-order valence-electron chi connectivity index (χ0n) is 18.0.